The van der Waals surface area contributed by atoms with Crippen molar-refractivity contribution in [3.8, 4) is 0 Å². The highest BCUT2D eigenvalue weighted by Gasteiger charge is 2.31. The maximum atomic E-state index is 11.7. The molecule has 0 atom stereocenters. The number of benzene rings is 1. The minimum atomic E-state index is -0.432. The summed E-state index contributed by atoms with van der Waals surface area (Å²) in [7, 11) is 0. The van der Waals surface area contributed by atoms with Gasteiger partial charge < -0.3 is 5.32 Å². The number of nitrogens with zero attached hydrogens (tertiary/aromatic N) is 1. The highest BCUT2D eigenvalue weighted by molar-refractivity contribution is 9.10. The molecular formula is C11H8BrClN2O3S. The molecule has 1 aliphatic heterocycles. The van der Waals surface area contributed by atoms with Crippen LogP contribution in [-0.4, -0.2) is 34.3 Å². The summed E-state index contributed by atoms with van der Waals surface area (Å²) >= 11 is 9.97. The van der Waals surface area contributed by atoms with Gasteiger partial charge in [-0.3, -0.25) is 19.3 Å². The average molecular weight is 364 g/mol. The van der Waals surface area contributed by atoms with E-state index in [1.807, 2.05) is 0 Å². The van der Waals surface area contributed by atoms with Gasteiger partial charge in [0.15, 0.2) is 0 Å². The van der Waals surface area contributed by atoms with Crippen LogP contribution in [0.25, 0.3) is 0 Å². The lowest BCUT2D eigenvalue weighted by Gasteiger charge is -2.12. The molecule has 100 valence electrons. The number of carbonyl (C=O) groups is 3. The Bertz CT molecular complexity index is 551. The van der Waals surface area contributed by atoms with Crippen LogP contribution in [0, 0.1) is 0 Å². The lowest BCUT2D eigenvalue weighted by atomic mass is 10.3. The van der Waals surface area contributed by atoms with Gasteiger partial charge in [-0.25, -0.2) is 0 Å². The molecule has 8 heteroatoms. The molecule has 3 amide bonds. The number of hydrogen-bond donors (Lipinski definition) is 1. The fourth-order valence-corrected chi connectivity index (χ4v) is 2.67. The second kappa shape index (κ2) is 5.94. The molecule has 1 saturated heterocycles. The molecule has 0 bridgehead atoms. The fraction of sp³-hybridized carbons (Fsp3) is 0.182. The van der Waals surface area contributed by atoms with E-state index in [0.717, 1.165) is 16.7 Å². The predicted molar refractivity (Wildman–Crippen MR) is 77.3 cm³/mol. The molecule has 1 aromatic rings. The Morgan fingerprint density at radius 2 is 2.21 bits per heavy atom. The van der Waals surface area contributed by atoms with E-state index in [1.165, 1.54) is 0 Å². The zero-order valence-corrected chi connectivity index (χ0v) is 12.6. The van der Waals surface area contributed by atoms with E-state index >= 15 is 0 Å². The topological polar surface area (TPSA) is 66.5 Å². The number of hydrogen-bond acceptors (Lipinski definition) is 4. The Balaban J connectivity index is 1.99. The van der Waals surface area contributed by atoms with Crippen LogP contribution >= 0.6 is 39.3 Å². The fourth-order valence-electron chi connectivity index (χ4n) is 1.45. The minimum absolute atomic E-state index is 0.0958. The molecule has 0 aromatic heterocycles. The number of carbonyl (C=O) groups excluding carboxylic acids is 3. The number of rotatable bonds is 3. The van der Waals surface area contributed by atoms with Gasteiger partial charge in [0, 0.05) is 10.2 Å². The van der Waals surface area contributed by atoms with Crippen molar-refractivity contribution in [2.45, 2.75) is 0 Å². The number of nitrogens with one attached hydrogen (secondary N) is 1. The quantitative estimate of drug-likeness (QED) is 0.897. The highest BCUT2D eigenvalue weighted by atomic mass is 79.9. The summed E-state index contributed by atoms with van der Waals surface area (Å²) < 4.78 is 0.649. The van der Waals surface area contributed by atoms with Crippen molar-refractivity contribution in [3.63, 3.8) is 0 Å². The maximum Gasteiger partial charge on any atom is 0.289 e. The van der Waals surface area contributed by atoms with Crippen LogP contribution in [-0.2, 0) is 9.59 Å². The van der Waals surface area contributed by atoms with Gasteiger partial charge in [0.1, 0.15) is 6.54 Å². The zero-order chi connectivity index (χ0) is 14.0. The van der Waals surface area contributed by atoms with Gasteiger partial charge in [-0.1, -0.05) is 23.4 Å². The van der Waals surface area contributed by atoms with Gasteiger partial charge in [0.05, 0.1) is 10.8 Å². The summed E-state index contributed by atoms with van der Waals surface area (Å²) in [6.45, 7) is -0.273. The Morgan fingerprint density at radius 1 is 1.47 bits per heavy atom. The van der Waals surface area contributed by atoms with E-state index in [2.05, 4.69) is 21.2 Å². The Morgan fingerprint density at radius 3 is 2.79 bits per heavy atom. The summed E-state index contributed by atoms with van der Waals surface area (Å²) in [6, 6.07) is 4.90. The molecule has 0 saturated carbocycles. The molecule has 1 aliphatic rings. The molecule has 1 aromatic carbocycles. The first-order chi connectivity index (χ1) is 8.97. The van der Waals surface area contributed by atoms with Gasteiger partial charge in [-0.15, -0.1) is 0 Å². The number of anilines is 1. The maximum absolute atomic E-state index is 11.7. The van der Waals surface area contributed by atoms with E-state index < -0.39 is 11.1 Å². The van der Waals surface area contributed by atoms with Gasteiger partial charge in [-0.2, -0.15) is 0 Å². The summed E-state index contributed by atoms with van der Waals surface area (Å²) in [6.07, 6.45) is 0. The summed E-state index contributed by atoms with van der Waals surface area (Å²) in [5, 5.41) is 2.73. The third-order valence-electron chi connectivity index (χ3n) is 2.35. The average Bonchev–Trinajstić information content (AvgIpc) is 2.66. The van der Waals surface area contributed by atoms with Crippen LogP contribution in [0.3, 0.4) is 0 Å². The Hall–Kier alpha value is -1.05. The molecule has 0 aliphatic carbocycles. The van der Waals surface area contributed by atoms with Gasteiger partial charge in [0.25, 0.3) is 5.24 Å². The van der Waals surface area contributed by atoms with Crippen LogP contribution in [0.2, 0.25) is 5.02 Å². The van der Waals surface area contributed by atoms with Crippen LogP contribution in [0.4, 0.5) is 10.5 Å². The molecule has 0 unspecified atom stereocenters. The van der Waals surface area contributed by atoms with Crippen molar-refractivity contribution >= 4 is 62.0 Å². The molecule has 0 radical (unpaired) electrons. The van der Waals surface area contributed by atoms with Crippen molar-refractivity contribution in [1.29, 1.82) is 0 Å². The summed E-state index contributed by atoms with van der Waals surface area (Å²) in [4.78, 5) is 35.4. The number of halogens is 2. The molecule has 1 heterocycles. The highest BCUT2D eigenvalue weighted by Crippen LogP contribution is 2.25. The monoisotopic (exact) mass is 362 g/mol. The second-order valence-corrected chi connectivity index (χ2v) is 5.90. The molecule has 0 spiro atoms. The summed E-state index contributed by atoms with van der Waals surface area (Å²) in [5.74, 6) is -0.681. The van der Waals surface area contributed by atoms with Gasteiger partial charge in [-0.05, 0) is 34.1 Å². The zero-order valence-electron chi connectivity index (χ0n) is 9.48. The van der Waals surface area contributed by atoms with Crippen LogP contribution in [0.1, 0.15) is 0 Å². The molecule has 5 nitrogen and oxygen atoms in total. The molecule has 19 heavy (non-hydrogen) atoms. The molecule has 1 N–H and O–H groups in total. The van der Waals surface area contributed by atoms with Crippen LogP contribution < -0.4 is 5.32 Å². The van der Waals surface area contributed by atoms with E-state index in [9.17, 15) is 14.4 Å². The van der Waals surface area contributed by atoms with Crippen molar-refractivity contribution in [1.82, 2.24) is 4.90 Å². The Kier molecular flexibility index (Phi) is 4.49. The molecule has 2 rings (SSSR count). The summed E-state index contributed by atoms with van der Waals surface area (Å²) in [5.41, 5.74) is 0.535. The van der Waals surface area contributed by atoms with Crippen LogP contribution in [0.15, 0.2) is 22.7 Å². The molecule has 1 fully saturated rings. The largest absolute Gasteiger partial charge is 0.324 e. The van der Waals surface area contributed by atoms with E-state index in [1.54, 1.807) is 18.2 Å². The predicted octanol–water partition coefficient (Wildman–Crippen LogP) is 2.74. The second-order valence-electron chi connectivity index (χ2n) is 3.71. The van der Waals surface area contributed by atoms with Crippen LogP contribution in [0.5, 0.6) is 0 Å². The van der Waals surface area contributed by atoms with Crippen molar-refractivity contribution in [2.24, 2.45) is 0 Å². The van der Waals surface area contributed by atoms with Crippen molar-refractivity contribution in [3.05, 3.63) is 27.7 Å². The number of imide groups is 1. The molecular weight excluding hydrogens is 356 g/mol. The first kappa shape index (κ1) is 14.4. The minimum Gasteiger partial charge on any atom is -0.324 e. The lowest BCUT2D eigenvalue weighted by molar-refractivity contribution is -0.128. The first-order valence-corrected chi connectivity index (χ1v) is 7.35. The van der Waals surface area contributed by atoms with Crippen molar-refractivity contribution in [2.75, 3.05) is 17.6 Å². The number of amides is 3. The van der Waals surface area contributed by atoms with Gasteiger partial charge in [0.2, 0.25) is 11.8 Å². The standard InChI is InChI=1S/C11H8BrClN2O3S/c12-7-3-6(1-2-8(7)13)14-9(16)4-15-10(17)5-19-11(15)18/h1-3H,4-5H2,(H,14,16). The third kappa shape index (κ3) is 3.49. The number of thioether (sulfide) groups is 1. The van der Waals surface area contributed by atoms with Crippen molar-refractivity contribution < 1.29 is 14.4 Å². The van der Waals surface area contributed by atoms with E-state index in [4.69, 9.17) is 11.6 Å². The SMILES string of the molecule is O=C(CN1C(=O)CSC1=O)Nc1ccc(Cl)c(Br)c1. The van der Waals surface area contributed by atoms with E-state index in [0.29, 0.717) is 15.2 Å². The lowest BCUT2D eigenvalue weighted by Crippen LogP contribution is -2.36. The third-order valence-corrected chi connectivity index (χ3v) is 4.42. The van der Waals surface area contributed by atoms with E-state index in [-0.39, 0.29) is 18.2 Å². The van der Waals surface area contributed by atoms with Gasteiger partial charge >= 0.3 is 0 Å². The Labute approximate surface area is 126 Å². The normalized spacial score (nSPS) is 14.9. The first-order valence-electron chi connectivity index (χ1n) is 5.19. The smallest absolute Gasteiger partial charge is 0.289 e.